The van der Waals surface area contributed by atoms with Crippen LogP contribution in [-0.2, 0) is 0 Å². The summed E-state index contributed by atoms with van der Waals surface area (Å²) >= 11 is 0. The standard InChI is InChI=1S/C56H32N4O/c1-2-14-35(15-3-1)59-46-23-11-8-18-38(46)44-31-34(26-28-48(44)59)54-53-40-20-6-4-16-36(40)37-17-5-7-21-41(37)55(53)58-56(57-54)60-47-24-12-9-19-39(47)45-30-33-27-29-51-52(43(33)32-49(45)60)42-22-10-13-25-50(42)61-51/h1-32H. The average Bonchev–Trinajstić information content (AvgIpc) is 3.98. The number of para-hydroxylation sites is 4. The van der Waals surface area contributed by atoms with Crippen molar-refractivity contribution < 1.29 is 4.42 Å². The Morgan fingerprint density at radius 2 is 0.951 bits per heavy atom. The first kappa shape index (κ1) is 32.7. The number of hydrogen-bond acceptors (Lipinski definition) is 3. The van der Waals surface area contributed by atoms with Crippen molar-refractivity contribution in [2.45, 2.75) is 0 Å². The first-order valence-electron chi connectivity index (χ1n) is 20.7. The summed E-state index contributed by atoms with van der Waals surface area (Å²) in [7, 11) is 0. The summed E-state index contributed by atoms with van der Waals surface area (Å²) in [6.07, 6.45) is 0. The summed E-state index contributed by atoms with van der Waals surface area (Å²) in [5, 5.41) is 14.8. The quantitative estimate of drug-likeness (QED) is 0.168. The van der Waals surface area contributed by atoms with E-state index in [0.717, 1.165) is 98.7 Å². The Morgan fingerprint density at radius 3 is 1.74 bits per heavy atom. The van der Waals surface area contributed by atoms with Crippen molar-refractivity contribution in [1.82, 2.24) is 19.1 Å². The van der Waals surface area contributed by atoms with Gasteiger partial charge in [0.2, 0.25) is 5.95 Å². The molecule has 0 amide bonds. The second-order valence-electron chi connectivity index (χ2n) is 16.1. The van der Waals surface area contributed by atoms with Crippen LogP contribution in [0, 0.1) is 0 Å². The molecule has 0 radical (unpaired) electrons. The molecule has 0 saturated heterocycles. The van der Waals surface area contributed by atoms with E-state index in [-0.39, 0.29) is 0 Å². The maximum Gasteiger partial charge on any atom is 0.235 e. The number of rotatable bonds is 3. The molecule has 61 heavy (non-hydrogen) atoms. The van der Waals surface area contributed by atoms with E-state index in [9.17, 15) is 0 Å². The van der Waals surface area contributed by atoms with Crippen LogP contribution in [-0.4, -0.2) is 19.1 Å². The highest BCUT2D eigenvalue weighted by atomic mass is 16.3. The van der Waals surface area contributed by atoms with Gasteiger partial charge in [-0.1, -0.05) is 133 Å². The maximum absolute atomic E-state index is 6.39. The Kier molecular flexibility index (Phi) is 6.49. The fourth-order valence-electron chi connectivity index (χ4n) is 10.3. The first-order chi connectivity index (χ1) is 30.3. The number of nitrogens with zero attached hydrogens (tertiary/aromatic N) is 4. The smallest absolute Gasteiger partial charge is 0.235 e. The van der Waals surface area contributed by atoms with Crippen molar-refractivity contribution >= 4 is 109 Å². The number of aromatic nitrogens is 4. The molecule has 0 aliphatic rings. The molecule has 5 heteroatoms. The van der Waals surface area contributed by atoms with Crippen molar-refractivity contribution in [3.05, 3.63) is 194 Å². The summed E-state index contributed by atoms with van der Waals surface area (Å²) in [4.78, 5) is 11.4. The predicted molar refractivity (Wildman–Crippen MR) is 253 cm³/mol. The SMILES string of the molecule is c1ccc(-n2c3ccccc3c3cc(-c4nc(-n5c6ccccc6c6cc7ccc8oc9ccccc9c8c7cc65)nc5c6ccccc6c6ccccc6c45)ccc32)cc1. The highest BCUT2D eigenvalue weighted by molar-refractivity contribution is 6.28. The van der Waals surface area contributed by atoms with Gasteiger partial charge in [-0.2, -0.15) is 0 Å². The van der Waals surface area contributed by atoms with Crippen LogP contribution in [0.15, 0.2) is 199 Å². The lowest BCUT2D eigenvalue weighted by Crippen LogP contribution is -2.04. The van der Waals surface area contributed by atoms with Crippen molar-refractivity contribution in [1.29, 1.82) is 0 Å². The van der Waals surface area contributed by atoms with E-state index >= 15 is 0 Å². The second-order valence-corrected chi connectivity index (χ2v) is 16.1. The minimum atomic E-state index is 0.629. The molecule has 0 spiro atoms. The Hall–Kier alpha value is -8.28. The largest absolute Gasteiger partial charge is 0.456 e. The molecule has 14 aromatic rings. The monoisotopic (exact) mass is 776 g/mol. The van der Waals surface area contributed by atoms with Gasteiger partial charge in [-0.05, 0) is 87.6 Å². The van der Waals surface area contributed by atoms with Crippen LogP contribution in [0.3, 0.4) is 0 Å². The number of benzene rings is 10. The van der Waals surface area contributed by atoms with Crippen molar-refractivity contribution in [3.63, 3.8) is 0 Å². The summed E-state index contributed by atoms with van der Waals surface area (Å²) in [6.45, 7) is 0. The van der Waals surface area contributed by atoms with Crippen molar-refractivity contribution in [2.24, 2.45) is 0 Å². The van der Waals surface area contributed by atoms with E-state index in [1.807, 2.05) is 12.1 Å². The van der Waals surface area contributed by atoms with E-state index in [0.29, 0.717) is 5.95 Å². The molecule has 4 heterocycles. The third-order valence-electron chi connectivity index (χ3n) is 12.9. The molecule has 0 atom stereocenters. The van der Waals surface area contributed by atoms with Gasteiger partial charge in [-0.3, -0.25) is 4.57 Å². The zero-order valence-electron chi connectivity index (χ0n) is 32.7. The van der Waals surface area contributed by atoms with Gasteiger partial charge in [0, 0.05) is 54.3 Å². The third-order valence-corrected chi connectivity index (χ3v) is 12.9. The lowest BCUT2D eigenvalue weighted by atomic mass is 9.94. The number of hydrogen-bond donors (Lipinski definition) is 0. The van der Waals surface area contributed by atoms with Crippen LogP contribution >= 0.6 is 0 Å². The highest BCUT2D eigenvalue weighted by Crippen LogP contribution is 2.44. The summed E-state index contributed by atoms with van der Waals surface area (Å²) in [6, 6.07) is 69.5. The lowest BCUT2D eigenvalue weighted by Gasteiger charge is -2.16. The van der Waals surface area contributed by atoms with E-state index < -0.39 is 0 Å². The number of fused-ring (bicyclic) bond motifs is 17. The van der Waals surface area contributed by atoms with Crippen LogP contribution in [0.1, 0.15) is 0 Å². The molecule has 0 unspecified atom stereocenters. The Balaban J connectivity index is 1.14. The van der Waals surface area contributed by atoms with Gasteiger partial charge in [-0.25, -0.2) is 9.97 Å². The molecule has 282 valence electrons. The van der Waals surface area contributed by atoms with Gasteiger partial charge in [-0.15, -0.1) is 0 Å². The van der Waals surface area contributed by atoms with Crippen LogP contribution in [0.4, 0.5) is 0 Å². The molecule has 0 fully saturated rings. The maximum atomic E-state index is 6.39. The van der Waals surface area contributed by atoms with Gasteiger partial charge in [0.1, 0.15) is 11.2 Å². The van der Waals surface area contributed by atoms with E-state index in [1.165, 1.54) is 27.1 Å². The normalized spacial score (nSPS) is 12.3. The average molecular weight is 777 g/mol. The van der Waals surface area contributed by atoms with Gasteiger partial charge in [0.05, 0.1) is 33.3 Å². The predicted octanol–water partition coefficient (Wildman–Crippen LogP) is 14.8. The summed E-state index contributed by atoms with van der Waals surface area (Å²) < 4.78 is 11.0. The lowest BCUT2D eigenvalue weighted by molar-refractivity contribution is 0.669. The third kappa shape index (κ3) is 4.49. The molecular weight excluding hydrogens is 745 g/mol. The molecule has 4 aromatic heterocycles. The number of furan rings is 1. The van der Waals surface area contributed by atoms with Crippen molar-refractivity contribution in [3.8, 4) is 22.9 Å². The summed E-state index contributed by atoms with van der Waals surface area (Å²) in [5.74, 6) is 0.629. The Bertz CT molecular complexity index is 4170. The van der Waals surface area contributed by atoms with Crippen LogP contribution in [0.25, 0.3) is 132 Å². The Labute approximate surface area is 347 Å². The van der Waals surface area contributed by atoms with Gasteiger partial charge < -0.3 is 8.98 Å². The zero-order valence-corrected chi connectivity index (χ0v) is 32.7. The Morgan fingerprint density at radius 1 is 0.344 bits per heavy atom. The van der Waals surface area contributed by atoms with E-state index in [1.54, 1.807) is 0 Å². The molecule has 0 aliphatic heterocycles. The fourth-order valence-corrected chi connectivity index (χ4v) is 10.3. The van der Waals surface area contributed by atoms with Gasteiger partial charge in [0.25, 0.3) is 0 Å². The fraction of sp³-hybridized carbons (Fsp3) is 0. The van der Waals surface area contributed by atoms with Gasteiger partial charge in [0.15, 0.2) is 0 Å². The minimum absolute atomic E-state index is 0.629. The van der Waals surface area contributed by atoms with E-state index in [2.05, 4.69) is 191 Å². The molecule has 10 aromatic carbocycles. The van der Waals surface area contributed by atoms with Crippen LogP contribution < -0.4 is 0 Å². The second kappa shape index (κ2) is 12.1. The van der Waals surface area contributed by atoms with Crippen LogP contribution in [0.5, 0.6) is 0 Å². The topological polar surface area (TPSA) is 48.8 Å². The zero-order chi connectivity index (χ0) is 39.8. The molecule has 0 saturated carbocycles. The molecule has 5 nitrogen and oxygen atoms in total. The highest BCUT2D eigenvalue weighted by Gasteiger charge is 2.23. The van der Waals surface area contributed by atoms with E-state index in [4.69, 9.17) is 14.4 Å². The van der Waals surface area contributed by atoms with Crippen molar-refractivity contribution in [2.75, 3.05) is 0 Å². The van der Waals surface area contributed by atoms with Crippen LogP contribution in [0.2, 0.25) is 0 Å². The molecule has 14 rings (SSSR count). The first-order valence-corrected chi connectivity index (χ1v) is 20.7. The molecule has 0 N–H and O–H groups in total. The molecular formula is C56H32N4O. The molecule has 0 aliphatic carbocycles. The molecule has 0 bridgehead atoms. The minimum Gasteiger partial charge on any atom is -0.456 e. The van der Waals surface area contributed by atoms with Gasteiger partial charge >= 0.3 is 0 Å². The summed E-state index contributed by atoms with van der Waals surface area (Å²) in [5.41, 5.74) is 10.2.